The van der Waals surface area contributed by atoms with Gasteiger partial charge in [0.1, 0.15) is 0 Å². The molecule has 0 radical (unpaired) electrons. The molecular formula is C8H18BrNO2S. The average Bonchev–Trinajstić information content (AvgIpc) is 2.12. The lowest BCUT2D eigenvalue weighted by Gasteiger charge is -2.18. The first-order valence-corrected chi connectivity index (χ1v) is 7.48. The van der Waals surface area contributed by atoms with Crippen molar-refractivity contribution in [2.45, 2.75) is 13.8 Å². The number of hydrogen-bond donors (Lipinski definition) is 0. The minimum Gasteiger partial charge on any atom is -0.302 e. The van der Waals surface area contributed by atoms with E-state index in [1.54, 1.807) is 6.92 Å². The first-order valence-electron chi connectivity index (χ1n) is 4.54. The third-order valence-corrected chi connectivity index (χ3v) is 4.05. The summed E-state index contributed by atoms with van der Waals surface area (Å²) in [6, 6.07) is 0. The minimum atomic E-state index is -2.80. The standard InChI is InChI=1S/C8H18BrNO2S/c1-3-10(6-5-9)7-8-13(11,12)4-2/h3-8H2,1-2H3. The van der Waals surface area contributed by atoms with Crippen LogP contribution in [0.1, 0.15) is 13.8 Å². The summed E-state index contributed by atoms with van der Waals surface area (Å²) in [6.45, 7) is 6.20. The number of halogens is 1. The molecule has 0 amide bonds. The molecule has 0 bridgehead atoms. The molecule has 0 fully saturated rings. The molecule has 0 aromatic rings. The third kappa shape index (κ3) is 6.46. The Hall–Kier alpha value is 0.390. The van der Waals surface area contributed by atoms with Gasteiger partial charge in [0.05, 0.1) is 5.75 Å². The second kappa shape index (κ2) is 6.79. The molecule has 5 heteroatoms. The summed E-state index contributed by atoms with van der Waals surface area (Å²) < 4.78 is 22.4. The summed E-state index contributed by atoms with van der Waals surface area (Å²) >= 11 is 3.34. The van der Waals surface area contributed by atoms with Gasteiger partial charge >= 0.3 is 0 Å². The lowest BCUT2D eigenvalue weighted by molar-refractivity contribution is 0.325. The van der Waals surface area contributed by atoms with Crippen molar-refractivity contribution in [1.29, 1.82) is 0 Å². The molecule has 0 aromatic heterocycles. The molecule has 0 aliphatic carbocycles. The number of hydrogen-bond acceptors (Lipinski definition) is 3. The van der Waals surface area contributed by atoms with Crippen LogP contribution >= 0.6 is 15.9 Å². The summed E-state index contributed by atoms with van der Waals surface area (Å²) in [5.74, 6) is 0.531. The lowest BCUT2D eigenvalue weighted by atomic mass is 10.5. The van der Waals surface area contributed by atoms with E-state index >= 15 is 0 Å². The maximum Gasteiger partial charge on any atom is 0.151 e. The summed E-state index contributed by atoms with van der Waals surface area (Å²) in [5.41, 5.74) is 0. The molecule has 0 saturated heterocycles. The van der Waals surface area contributed by atoms with Gasteiger partial charge in [0.25, 0.3) is 0 Å². The Balaban J connectivity index is 3.84. The molecule has 13 heavy (non-hydrogen) atoms. The number of nitrogens with zero attached hydrogens (tertiary/aromatic N) is 1. The van der Waals surface area contributed by atoms with Gasteiger partial charge in [-0.15, -0.1) is 0 Å². The zero-order valence-electron chi connectivity index (χ0n) is 8.29. The maximum atomic E-state index is 11.2. The molecule has 80 valence electrons. The number of alkyl halides is 1. The Bertz CT molecular complexity index is 216. The van der Waals surface area contributed by atoms with Crippen LogP contribution in [0.3, 0.4) is 0 Å². The quantitative estimate of drug-likeness (QED) is 0.652. The zero-order valence-corrected chi connectivity index (χ0v) is 10.7. The van der Waals surface area contributed by atoms with Crippen LogP contribution in [0.5, 0.6) is 0 Å². The molecule has 0 aromatic carbocycles. The largest absolute Gasteiger partial charge is 0.302 e. The van der Waals surface area contributed by atoms with Crippen LogP contribution in [0.25, 0.3) is 0 Å². The fraction of sp³-hybridized carbons (Fsp3) is 1.00. The van der Waals surface area contributed by atoms with Crippen LogP contribution in [0.15, 0.2) is 0 Å². The van der Waals surface area contributed by atoms with Crippen LogP contribution < -0.4 is 0 Å². The first-order chi connectivity index (χ1) is 6.05. The van der Waals surface area contributed by atoms with Crippen LogP contribution in [0.4, 0.5) is 0 Å². The predicted molar refractivity (Wildman–Crippen MR) is 60.2 cm³/mol. The van der Waals surface area contributed by atoms with Crippen molar-refractivity contribution in [3.05, 3.63) is 0 Å². The van der Waals surface area contributed by atoms with Crippen LogP contribution in [-0.2, 0) is 9.84 Å². The van der Waals surface area contributed by atoms with Crippen molar-refractivity contribution < 1.29 is 8.42 Å². The number of sulfone groups is 1. The van der Waals surface area contributed by atoms with E-state index in [1.807, 2.05) is 6.92 Å². The highest BCUT2D eigenvalue weighted by molar-refractivity contribution is 9.09. The van der Waals surface area contributed by atoms with E-state index in [-0.39, 0.29) is 11.5 Å². The molecule has 0 aliphatic heterocycles. The maximum absolute atomic E-state index is 11.2. The highest BCUT2D eigenvalue weighted by Crippen LogP contribution is 1.95. The van der Waals surface area contributed by atoms with E-state index in [4.69, 9.17) is 0 Å². The Labute approximate surface area is 89.5 Å². The topological polar surface area (TPSA) is 37.4 Å². The lowest BCUT2D eigenvalue weighted by Crippen LogP contribution is -2.31. The van der Waals surface area contributed by atoms with Crippen molar-refractivity contribution in [2.75, 3.05) is 36.5 Å². The molecule has 0 heterocycles. The van der Waals surface area contributed by atoms with Crippen molar-refractivity contribution in [3.8, 4) is 0 Å². The van der Waals surface area contributed by atoms with Gasteiger partial charge in [0, 0.05) is 24.2 Å². The van der Waals surface area contributed by atoms with Crippen molar-refractivity contribution >= 4 is 25.8 Å². The summed E-state index contributed by atoms with van der Waals surface area (Å²) in [4.78, 5) is 2.13. The monoisotopic (exact) mass is 271 g/mol. The minimum absolute atomic E-state index is 0.249. The molecular weight excluding hydrogens is 254 g/mol. The molecule has 0 unspecified atom stereocenters. The Kier molecular flexibility index (Phi) is 6.99. The van der Waals surface area contributed by atoms with Gasteiger partial charge in [-0.3, -0.25) is 0 Å². The molecule has 0 atom stereocenters. The zero-order chi connectivity index (χ0) is 10.3. The second-order valence-electron chi connectivity index (χ2n) is 2.86. The third-order valence-electron chi connectivity index (χ3n) is 2.01. The van der Waals surface area contributed by atoms with E-state index in [0.29, 0.717) is 6.54 Å². The van der Waals surface area contributed by atoms with Crippen molar-refractivity contribution in [1.82, 2.24) is 4.90 Å². The van der Waals surface area contributed by atoms with Gasteiger partial charge in [-0.05, 0) is 6.54 Å². The first kappa shape index (κ1) is 13.4. The Morgan fingerprint density at radius 1 is 1.23 bits per heavy atom. The van der Waals surface area contributed by atoms with E-state index in [0.717, 1.165) is 18.4 Å². The highest BCUT2D eigenvalue weighted by Gasteiger charge is 2.09. The summed E-state index contributed by atoms with van der Waals surface area (Å²) in [7, 11) is -2.80. The fourth-order valence-corrected chi connectivity index (χ4v) is 2.29. The summed E-state index contributed by atoms with van der Waals surface area (Å²) in [5, 5.41) is 0.896. The van der Waals surface area contributed by atoms with Gasteiger partial charge in [-0.2, -0.15) is 0 Å². The smallest absolute Gasteiger partial charge is 0.151 e. The van der Waals surface area contributed by atoms with Gasteiger partial charge in [-0.25, -0.2) is 8.42 Å². The number of rotatable bonds is 7. The molecule has 0 N–H and O–H groups in total. The van der Waals surface area contributed by atoms with E-state index < -0.39 is 9.84 Å². The van der Waals surface area contributed by atoms with E-state index in [1.165, 1.54) is 0 Å². The predicted octanol–water partition coefficient (Wildman–Crippen LogP) is 1.14. The second-order valence-corrected chi connectivity index (χ2v) is 6.13. The SMILES string of the molecule is CCN(CCBr)CCS(=O)(=O)CC. The molecule has 0 rings (SSSR count). The van der Waals surface area contributed by atoms with Crippen molar-refractivity contribution in [3.63, 3.8) is 0 Å². The van der Waals surface area contributed by atoms with Gasteiger partial charge in [0.15, 0.2) is 9.84 Å². The van der Waals surface area contributed by atoms with Gasteiger partial charge in [-0.1, -0.05) is 29.8 Å². The normalized spacial score (nSPS) is 12.3. The van der Waals surface area contributed by atoms with Crippen molar-refractivity contribution in [2.24, 2.45) is 0 Å². The van der Waals surface area contributed by atoms with E-state index in [2.05, 4.69) is 20.8 Å². The fourth-order valence-electron chi connectivity index (χ4n) is 0.960. The Morgan fingerprint density at radius 2 is 1.85 bits per heavy atom. The van der Waals surface area contributed by atoms with Crippen LogP contribution in [0.2, 0.25) is 0 Å². The van der Waals surface area contributed by atoms with Gasteiger partial charge in [0.2, 0.25) is 0 Å². The molecule has 0 spiro atoms. The molecule has 3 nitrogen and oxygen atoms in total. The highest BCUT2D eigenvalue weighted by atomic mass is 79.9. The van der Waals surface area contributed by atoms with Gasteiger partial charge < -0.3 is 4.90 Å². The molecule has 0 saturated carbocycles. The average molecular weight is 272 g/mol. The van der Waals surface area contributed by atoms with Crippen LogP contribution in [-0.4, -0.2) is 49.8 Å². The van der Waals surface area contributed by atoms with Crippen LogP contribution in [0, 0.1) is 0 Å². The summed E-state index contributed by atoms with van der Waals surface area (Å²) in [6.07, 6.45) is 0. The van der Waals surface area contributed by atoms with E-state index in [9.17, 15) is 8.42 Å². The molecule has 0 aliphatic rings. The Morgan fingerprint density at radius 3 is 2.23 bits per heavy atom.